The lowest BCUT2D eigenvalue weighted by molar-refractivity contribution is -0.122. The molecule has 0 saturated heterocycles. The number of carbonyl (C=O) groups excluding carboxylic acids is 3. The summed E-state index contributed by atoms with van der Waals surface area (Å²) in [6.07, 6.45) is 6.89. The maximum absolute atomic E-state index is 12.8. The SMILES string of the molecule is CCCCc1ccc(C(=O)N[C@@H](CNC(=O)c2cccnc2)C(=O)N[CH]CC(C)C)cc1. The minimum atomic E-state index is -0.925. The van der Waals surface area contributed by atoms with Crippen molar-refractivity contribution in [3.8, 4) is 0 Å². The van der Waals surface area contributed by atoms with Gasteiger partial charge in [0.05, 0.1) is 5.56 Å². The van der Waals surface area contributed by atoms with Gasteiger partial charge in [0.15, 0.2) is 0 Å². The summed E-state index contributed by atoms with van der Waals surface area (Å²) in [6.45, 7) is 7.85. The Morgan fingerprint density at radius 3 is 2.41 bits per heavy atom. The van der Waals surface area contributed by atoms with Crippen molar-refractivity contribution < 1.29 is 14.4 Å². The molecule has 171 valence electrons. The van der Waals surface area contributed by atoms with Crippen molar-refractivity contribution >= 4 is 17.7 Å². The Morgan fingerprint density at radius 2 is 1.78 bits per heavy atom. The number of rotatable bonds is 12. The van der Waals surface area contributed by atoms with Crippen LogP contribution in [0.15, 0.2) is 48.8 Å². The molecule has 1 heterocycles. The summed E-state index contributed by atoms with van der Waals surface area (Å²) in [7, 11) is 0. The molecular formula is C25H33N4O3. The largest absolute Gasteiger partial charge is 0.349 e. The smallest absolute Gasteiger partial charge is 0.252 e. The third kappa shape index (κ3) is 8.49. The molecule has 7 heteroatoms. The predicted octanol–water partition coefficient (Wildman–Crippen LogP) is 3.28. The maximum Gasteiger partial charge on any atom is 0.252 e. The number of nitrogens with one attached hydrogen (secondary N) is 3. The highest BCUT2D eigenvalue weighted by atomic mass is 16.2. The third-order valence-corrected chi connectivity index (χ3v) is 4.88. The summed E-state index contributed by atoms with van der Waals surface area (Å²) in [4.78, 5) is 41.7. The number of amides is 3. The Morgan fingerprint density at radius 1 is 1.03 bits per heavy atom. The van der Waals surface area contributed by atoms with Gasteiger partial charge < -0.3 is 16.0 Å². The van der Waals surface area contributed by atoms with Gasteiger partial charge in [0.1, 0.15) is 6.04 Å². The second-order valence-corrected chi connectivity index (χ2v) is 8.12. The molecule has 0 aliphatic carbocycles. The zero-order valence-electron chi connectivity index (χ0n) is 19.1. The molecular weight excluding hydrogens is 404 g/mol. The van der Waals surface area contributed by atoms with Crippen LogP contribution in [0.4, 0.5) is 0 Å². The minimum Gasteiger partial charge on any atom is -0.349 e. The van der Waals surface area contributed by atoms with Gasteiger partial charge in [0, 0.05) is 31.0 Å². The van der Waals surface area contributed by atoms with E-state index in [9.17, 15) is 14.4 Å². The zero-order chi connectivity index (χ0) is 23.3. The van der Waals surface area contributed by atoms with Crippen molar-refractivity contribution in [2.45, 2.75) is 52.5 Å². The number of benzene rings is 1. The Balaban J connectivity index is 2.02. The standard InChI is InChI=1S/C25H33N4O3/c1-4-5-7-19-9-11-20(12-10-19)24(31)29-22(25(32)27-15-13-18(2)3)17-28-23(30)21-8-6-14-26-16-21/h6,8-12,14-16,18,22H,4-5,7,13,17H2,1-3H3,(H,27,32)(H,28,30)(H,29,31)/t22-/m0/s1. The second-order valence-electron chi connectivity index (χ2n) is 8.12. The fourth-order valence-electron chi connectivity index (χ4n) is 2.94. The van der Waals surface area contributed by atoms with E-state index < -0.39 is 6.04 Å². The topological polar surface area (TPSA) is 100 Å². The van der Waals surface area contributed by atoms with Gasteiger partial charge in [-0.1, -0.05) is 39.3 Å². The molecule has 0 spiro atoms. The van der Waals surface area contributed by atoms with Gasteiger partial charge in [-0.25, -0.2) is 0 Å². The number of aromatic nitrogens is 1. The van der Waals surface area contributed by atoms with Crippen molar-refractivity contribution in [2.24, 2.45) is 5.92 Å². The Hall–Kier alpha value is -3.22. The number of hydrogen-bond donors (Lipinski definition) is 3. The van der Waals surface area contributed by atoms with Crippen molar-refractivity contribution in [3.63, 3.8) is 0 Å². The number of nitrogens with zero attached hydrogens (tertiary/aromatic N) is 1. The van der Waals surface area contributed by atoms with Crippen molar-refractivity contribution in [3.05, 3.63) is 72.0 Å². The van der Waals surface area contributed by atoms with Crippen LogP contribution >= 0.6 is 0 Å². The summed E-state index contributed by atoms with van der Waals surface area (Å²) in [5, 5.41) is 8.16. The highest BCUT2D eigenvalue weighted by Gasteiger charge is 2.22. The van der Waals surface area contributed by atoms with Crippen molar-refractivity contribution in [2.75, 3.05) is 6.54 Å². The maximum atomic E-state index is 12.8. The molecule has 0 fully saturated rings. The normalized spacial score (nSPS) is 11.6. The van der Waals surface area contributed by atoms with Crippen LogP contribution in [0, 0.1) is 12.5 Å². The van der Waals surface area contributed by atoms with E-state index in [2.05, 4.69) is 27.9 Å². The van der Waals surface area contributed by atoms with E-state index in [1.165, 1.54) is 11.8 Å². The summed E-state index contributed by atoms with van der Waals surface area (Å²) in [5.74, 6) is -0.729. The van der Waals surface area contributed by atoms with Gasteiger partial charge in [0.25, 0.3) is 11.8 Å². The van der Waals surface area contributed by atoms with E-state index in [1.807, 2.05) is 26.0 Å². The van der Waals surface area contributed by atoms with Crippen molar-refractivity contribution in [1.82, 2.24) is 20.9 Å². The first kappa shape index (κ1) is 25.0. The Kier molecular flexibility index (Phi) is 10.4. The molecule has 0 unspecified atom stereocenters. The molecule has 0 saturated carbocycles. The van der Waals surface area contributed by atoms with E-state index in [0.717, 1.165) is 19.3 Å². The lowest BCUT2D eigenvalue weighted by atomic mass is 10.1. The molecule has 1 atom stereocenters. The monoisotopic (exact) mass is 437 g/mol. The molecule has 2 rings (SSSR count). The van der Waals surface area contributed by atoms with Crippen LogP contribution in [0.3, 0.4) is 0 Å². The van der Waals surface area contributed by atoms with Gasteiger partial charge in [-0.3, -0.25) is 19.4 Å². The molecule has 1 radical (unpaired) electrons. The molecule has 0 aliphatic heterocycles. The average molecular weight is 438 g/mol. The molecule has 1 aromatic carbocycles. The lowest BCUT2D eigenvalue weighted by Crippen LogP contribution is -2.52. The van der Waals surface area contributed by atoms with Gasteiger partial charge in [0.2, 0.25) is 5.91 Å². The fourth-order valence-corrected chi connectivity index (χ4v) is 2.94. The third-order valence-electron chi connectivity index (χ3n) is 4.88. The van der Waals surface area contributed by atoms with Crippen LogP contribution < -0.4 is 16.0 Å². The number of aryl methyl sites for hydroxylation is 1. The van der Waals surface area contributed by atoms with Crippen LogP contribution in [0.5, 0.6) is 0 Å². The molecule has 0 aliphatic rings. The first-order valence-corrected chi connectivity index (χ1v) is 11.1. The van der Waals surface area contributed by atoms with Crippen LogP contribution in [-0.4, -0.2) is 35.3 Å². The average Bonchev–Trinajstić information content (AvgIpc) is 2.80. The first-order chi connectivity index (χ1) is 15.4. The van der Waals surface area contributed by atoms with E-state index in [-0.39, 0.29) is 24.3 Å². The molecule has 1 aromatic heterocycles. The van der Waals surface area contributed by atoms with Gasteiger partial charge in [-0.15, -0.1) is 0 Å². The predicted molar refractivity (Wildman–Crippen MR) is 125 cm³/mol. The van der Waals surface area contributed by atoms with Crippen molar-refractivity contribution in [1.29, 1.82) is 0 Å². The number of pyridine rings is 1. The quantitative estimate of drug-likeness (QED) is 0.474. The van der Waals surface area contributed by atoms with E-state index in [1.54, 1.807) is 37.0 Å². The van der Waals surface area contributed by atoms with E-state index >= 15 is 0 Å². The molecule has 3 amide bonds. The van der Waals surface area contributed by atoms with Crippen LogP contribution in [0.1, 0.15) is 66.3 Å². The summed E-state index contributed by atoms with van der Waals surface area (Å²) < 4.78 is 0. The molecule has 2 aromatic rings. The molecule has 0 bridgehead atoms. The number of hydrogen-bond acceptors (Lipinski definition) is 4. The Labute approximate surface area is 190 Å². The molecule has 7 nitrogen and oxygen atoms in total. The van der Waals surface area contributed by atoms with Crippen LogP contribution in [0.25, 0.3) is 0 Å². The summed E-state index contributed by atoms with van der Waals surface area (Å²) >= 11 is 0. The zero-order valence-corrected chi connectivity index (χ0v) is 19.1. The van der Waals surface area contributed by atoms with Gasteiger partial charge in [-0.05, 0) is 55.0 Å². The van der Waals surface area contributed by atoms with Crippen LogP contribution in [-0.2, 0) is 11.2 Å². The Bertz CT molecular complexity index is 867. The second kappa shape index (κ2) is 13.2. The molecule has 32 heavy (non-hydrogen) atoms. The fraction of sp³-hybridized carbons (Fsp3) is 0.400. The van der Waals surface area contributed by atoms with Gasteiger partial charge in [-0.2, -0.15) is 0 Å². The lowest BCUT2D eigenvalue weighted by Gasteiger charge is -2.19. The van der Waals surface area contributed by atoms with Crippen LogP contribution in [0.2, 0.25) is 0 Å². The number of carbonyl (C=O) groups is 3. The first-order valence-electron chi connectivity index (χ1n) is 11.1. The highest BCUT2D eigenvalue weighted by Crippen LogP contribution is 2.08. The summed E-state index contributed by atoms with van der Waals surface area (Å²) in [6, 6.07) is 9.74. The van der Waals surface area contributed by atoms with E-state index in [0.29, 0.717) is 23.5 Å². The van der Waals surface area contributed by atoms with E-state index in [4.69, 9.17) is 0 Å². The number of unbranched alkanes of at least 4 members (excludes halogenated alkanes) is 1. The highest BCUT2D eigenvalue weighted by molar-refractivity contribution is 5.98. The summed E-state index contributed by atoms with van der Waals surface area (Å²) in [5.41, 5.74) is 2.02. The minimum absolute atomic E-state index is 0.0462. The van der Waals surface area contributed by atoms with Gasteiger partial charge >= 0.3 is 0 Å². The molecule has 3 N–H and O–H groups in total.